The van der Waals surface area contributed by atoms with E-state index in [1.165, 1.54) is 5.56 Å². The van der Waals surface area contributed by atoms with Gasteiger partial charge in [0.15, 0.2) is 0 Å². The van der Waals surface area contributed by atoms with E-state index in [1.807, 2.05) is 54.6 Å². The molecular formula is C23H22O. The van der Waals surface area contributed by atoms with Crippen molar-refractivity contribution in [2.45, 2.75) is 24.7 Å². The Hall–Kier alpha value is -2.67. The largest absolute Gasteiger partial charge is 0.302 e. The Morgan fingerprint density at radius 3 is 1.54 bits per heavy atom. The van der Waals surface area contributed by atoms with Crippen LogP contribution in [0.1, 0.15) is 36.0 Å². The zero-order valence-electron chi connectivity index (χ0n) is 13.9. The second-order valence-corrected chi connectivity index (χ2v) is 6.09. The van der Waals surface area contributed by atoms with Crippen molar-refractivity contribution in [3.63, 3.8) is 0 Å². The minimum absolute atomic E-state index is 0.0843. The van der Waals surface area contributed by atoms with Crippen LogP contribution in [0.4, 0.5) is 0 Å². The van der Waals surface area contributed by atoms with Crippen LogP contribution in [0.15, 0.2) is 91.0 Å². The quantitative estimate of drug-likeness (QED) is 0.559. The van der Waals surface area contributed by atoms with Gasteiger partial charge in [-0.3, -0.25) is 0 Å². The standard InChI is InChI=1S/C23H22O/c1-2-22(19-12-6-3-7-13-19)23(18-24,20-14-8-4-9-15-20)21-16-10-5-11-17-21/h3-18,22H,2H2,1H3/t22-/m1/s1. The molecule has 3 aromatic rings. The molecule has 0 heterocycles. The average molecular weight is 314 g/mol. The summed E-state index contributed by atoms with van der Waals surface area (Å²) in [5.41, 5.74) is 2.60. The highest BCUT2D eigenvalue weighted by Gasteiger charge is 2.41. The van der Waals surface area contributed by atoms with Crippen LogP contribution in [0.3, 0.4) is 0 Å². The van der Waals surface area contributed by atoms with E-state index in [0.717, 1.165) is 23.8 Å². The van der Waals surface area contributed by atoms with Crippen LogP contribution in [-0.2, 0) is 10.2 Å². The lowest BCUT2D eigenvalue weighted by Gasteiger charge is -2.37. The number of carbonyl (C=O) groups is 1. The van der Waals surface area contributed by atoms with Gasteiger partial charge >= 0.3 is 0 Å². The molecule has 0 aliphatic rings. The van der Waals surface area contributed by atoms with Crippen molar-refractivity contribution in [2.75, 3.05) is 0 Å². The number of benzene rings is 3. The molecule has 1 heteroatoms. The van der Waals surface area contributed by atoms with E-state index >= 15 is 0 Å². The second-order valence-electron chi connectivity index (χ2n) is 6.09. The highest BCUT2D eigenvalue weighted by atomic mass is 16.1. The normalized spacial score (nSPS) is 12.5. The highest BCUT2D eigenvalue weighted by molar-refractivity contribution is 5.77. The predicted molar refractivity (Wildman–Crippen MR) is 99.2 cm³/mol. The van der Waals surface area contributed by atoms with E-state index < -0.39 is 5.41 Å². The molecule has 120 valence electrons. The maximum absolute atomic E-state index is 12.6. The first-order chi connectivity index (χ1) is 11.8. The summed E-state index contributed by atoms with van der Waals surface area (Å²) in [5.74, 6) is 0.0843. The van der Waals surface area contributed by atoms with Gasteiger partial charge in [0, 0.05) is 5.92 Å². The zero-order chi connectivity index (χ0) is 16.8. The Morgan fingerprint density at radius 1 is 0.750 bits per heavy atom. The number of rotatable bonds is 6. The summed E-state index contributed by atoms with van der Waals surface area (Å²) >= 11 is 0. The van der Waals surface area contributed by atoms with Crippen LogP contribution in [0.25, 0.3) is 0 Å². The molecule has 24 heavy (non-hydrogen) atoms. The Bertz CT molecular complexity index is 723. The van der Waals surface area contributed by atoms with Crippen molar-refractivity contribution < 1.29 is 4.79 Å². The fourth-order valence-corrected chi connectivity index (χ4v) is 3.72. The van der Waals surface area contributed by atoms with Gasteiger partial charge in [0.25, 0.3) is 0 Å². The Labute approximate surface area is 144 Å². The first-order valence-corrected chi connectivity index (χ1v) is 8.45. The van der Waals surface area contributed by atoms with E-state index in [9.17, 15) is 4.79 Å². The molecule has 0 aliphatic heterocycles. The summed E-state index contributed by atoms with van der Waals surface area (Å²) in [6.07, 6.45) is 2.02. The van der Waals surface area contributed by atoms with Gasteiger partial charge in [-0.05, 0) is 23.1 Å². The molecule has 1 nitrogen and oxygen atoms in total. The van der Waals surface area contributed by atoms with E-state index in [1.54, 1.807) is 0 Å². The van der Waals surface area contributed by atoms with E-state index in [-0.39, 0.29) is 5.92 Å². The zero-order valence-corrected chi connectivity index (χ0v) is 13.9. The van der Waals surface area contributed by atoms with Gasteiger partial charge in [0.05, 0.1) is 5.41 Å². The third-order valence-electron chi connectivity index (χ3n) is 4.85. The Kier molecular flexibility index (Phi) is 4.90. The maximum Gasteiger partial charge on any atom is 0.135 e. The van der Waals surface area contributed by atoms with Crippen LogP contribution in [0, 0.1) is 0 Å². The topological polar surface area (TPSA) is 17.1 Å². The summed E-state index contributed by atoms with van der Waals surface area (Å²) in [7, 11) is 0. The van der Waals surface area contributed by atoms with E-state index in [2.05, 4.69) is 43.3 Å². The average Bonchev–Trinajstić information content (AvgIpc) is 2.68. The molecule has 0 saturated carbocycles. The van der Waals surface area contributed by atoms with Gasteiger partial charge in [-0.15, -0.1) is 0 Å². The predicted octanol–water partition coefficient (Wildman–Crippen LogP) is 5.37. The molecule has 0 bridgehead atoms. The summed E-state index contributed by atoms with van der Waals surface area (Å²) < 4.78 is 0. The lowest BCUT2D eigenvalue weighted by molar-refractivity contribution is -0.112. The van der Waals surface area contributed by atoms with Crippen LogP contribution in [-0.4, -0.2) is 6.29 Å². The maximum atomic E-state index is 12.6. The fourth-order valence-electron chi connectivity index (χ4n) is 3.72. The molecule has 0 spiro atoms. The molecule has 0 N–H and O–H groups in total. The van der Waals surface area contributed by atoms with E-state index in [0.29, 0.717) is 0 Å². The van der Waals surface area contributed by atoms with Gasteiger partial charge in [0.2, 0.25) is 0 Å². The molecule has 3 aromatic carbocycles. The van der Waals surface area contributed by atoms with Crippen molar-refractivity contribution >= 4 is 6.29 Å². The van der Waals surface area contributed by atoms with Crippen LogP contribution in [0.2, 0.25) is 0 Å². The first kappa shape index (κ1) is 16.2. The monoisotopic (exact) mass is 314 g/mol. The molecule has 3 rings (SSSR count). The molecule has 0 saturated heterocycles. The molecule has 0 aliphatic carbocycles. The number of aldehydes is 1. The molecule has 0 amide bonds. The van der Waals surface area contributed by atoms with Crippen LogP contribution >= 0.6 is 0 Å². The lowest BCUT2D eigenvalue weighted by Crippen LogP contribution is -2.36. The third kappa shape index (κ3) is 2.78. The molecule has 0 radical (unpaired) electrons. The minimum Gasteiger partial charge on any atom is -0.302 e. The van der Waals surface area contributed by atoms with Crippen LogP contribution in [0.5, 0.6) is 0 Å². The Balaban J connectivity index is 2.27. The summed E-state index contributed by atoms with van der Waals surface area (Å²) in [5, 5.41) is 0. The number of carbonyl (C=O) groups excluding carboxylic acids is 1. The first-order valence-electron chi connectivity index (χ1n) is 8.45. The number of hydrogen-bond donors (Lipinski definition) is 0. The van der Waals surface area contributed by atoms with Gasteiger partial charge in [-0.25, -0.2) is 0 Å². The highest BCUT2D eigenvalue weighted by Crippen LogP contribution is 2.44. The van der Waals surface area contributed by atoms with Crippen molar-refractivity contribution in [2.24, 2.45) is 0 Å². The second kappa shape index (κ2) is 7.27. The summed E-state index contributed by atoms with van der Waals surface area (Å²) in [6, 6.07) is 30.6. The van der Waals surface area contributed by atoms with Crippen molar-refractivity contribution in [3.8, 4) is 0 Å². The van der Waals surface area contributed by atoms with Crippen LogP contribution < -0.4 is 0 Å². The van der Waals surface area contributed by atoms with Crippen molar-refractivity contribution in [1.29, 1.82) is 0 Å². The van der Waals surface area contributed by atoms with Crippen molar-refractivity contribution in [1.82, 2.24) is 0 Å². The number of hydrogen-bond acceptors (Lipinski definition) is 1. The van der Waals surface area contributed by atoms with Gasteiger partial charge in [-0.1, -0.05) is 97.9 Å². The van der Waals surface area contributed by atoms with Gasteiger partial charge < -0.3 is 4.79 Å². The SMILES string of the molecule is CC[C@H](c1ccccc1)C(C=O)(c1ccccc1)c1ccccc1. The Morgan fingerprint density at radius 2 is 1.17 bits per heavy atom. The van der Waals surface area contributed by atoms with E-state index in [4.69, 9.17) is 0 Å². The molecular weight excluding hydrogens is 292 g/mol. The van der Waals surface area contributed by atoms with Gasteiger partial charge in [-0.2, -0.15) is 0 Å². The fraction of sp³-hybridized carbons (Fsp3) is 0.174. The van der Waals surface area contributed by atoms with Gasteiger partial charge in [0.1, 0.15) is 6.29 Å². The van der Waals surface area contributed by atoms with Crippen molar-refractivity contribution in [3.05, 3.63) is 108 Å². The molecule has 0 fully saturated rings. The smallest absolute Gasteiger partial charge is 0.135 e. The molecule has 1 atom stereocenters. The third-order valence-corrected chi connectivity index (χ3v) is 4.85. The summed E-state index contributed by atoms with van der Waals surface area (Å²) in [6.45, 7) is 2.15. The molecule has 0 aromatic heterocycles. The lowest BCUT2D eigenvalue weighted by atomic mass is 9.63. The minimum atomic E-state index is -0.682. The molecule has 0 unspecified atom stereocenters. The summed E-state index contributed by atoms with van der Waals surface area (Å²) in [4.78, 5) is 12.6.